The number of carbonyl (C=O) groups is 1. The minimum absolute atomic E-state index is 0.0772. The molecular formula is C16H17N5O2. The van der Waals surface area contributed by atoms with Crippen molar-refractivity contribution < 1.29 is 9.32 Å². The molecule has 7 nitrogen and oxygen atoms in total. The average molecular weight is 311 g/mol. The van der Waals surface area contributed by atoms with Gasteiger partial charge in [-0.25, -0.2) is 4.98 Å². The van der Waals surface area contributed by atoms with Crippen molar-refractivity contribution in [1.29, 1.82) is 0 Å². The zero-order chi connectivity index (χ0) is 15.6. The van der Waals surface area contributed by atoms with Crippen LogP contribution in [0.15, 0.2) is 35.1 Å². The molecule has 4 heterocycles. The molecule has 7 heteroatoms. The number of nitrogens with zero attached hydrogens (tertiary/aromatic N) is 4. The van der Waals surface area contributed by atoms with E-state index in [1.54, 1.807) is 18.5 Å². The minimum atomic E-state index is 0.0772. The number of carbonyl (C=O) groups excluding carboxylic acids is 1. The lowest BCUT2D eigenvalue weighted by atomic mass is 9.93. The molecule has 1 aliphatic heterocycles. The van der Waals surface area contributed by atoms with Crippen molar-refractivity contribution in [3.63, 3.8) is 0 Å². The van der Waals surface area contributed by atoms with E-state index >= 15 is 0 Å². The maximum atomic E-state index is 12.4. The normalized spacial score (nSPS) is 18.4. The monoisotopic (exact) mass is 311 g/mol. The van der Waals surface area contributed by atoms with Gasteiger partial charge in [-0.05, 0) is 25.0 Å². The molecule has 118 valence electrons. The molecule has 0 saturated carbocycles. The number of hydrogen-bond acceptors (Lipinski definition) is 5. The highest BCUT2D eigenvalue weighted by Crippen LogP contribution is 2.30. The summed E-state index contributed by atoms with van der Waals surface area (Å²) in [5, 5.41) is 12.1. The Hall–Kier alpha value is -2.70. The molecule has 0 aromatic carbocycles. The Morgan fingerprint density at radius 1 is 1.39 bits per heavy atom. The standard InChI is InChI=1S/C16H17N5O2/c22-14(9-12-5-7-18-23-12)21-8-2-3-11(10-21)15-13-4-1-6-17-16(13)20-19-15/h1,4-7,11H,2-3,8-10H2,(H,17,19,20). The van der Waals surface area contributed by atoms with E-state index in [1.807, 2.05) is 17.0 Å². The highest BCUT2D eigenvalue weighted by atomic mass is 16.5. The fourth-order valence-electron chi connectivity index (χ4n) is 3.21. The summed E-state index contributed by atoms with van der Waals surface area (Å²) in [6.07, 6.45) is 5.58. The number of aromatic amines is 1. The third kappa shape index (κ3) is 2.69. The predicted molar refractivity (Wildman–Crippen MR) is 82.7 cm³/mol. The van der Waals surface area contributed by atoms with Crippen LogP contribution < -0.4 is 0 Å². The number of amides is 1. The Balaban J connectivity index is 1.51. The Morgan fingerprint density at radius 2 is 2.35 bits per heavy atom. The van der Waals surface area contributed by atoms with Crippen LogP contribution in [0.25, 0.3) is 11.0 Å². The largest absolute Gasteiger partial charge is 0.361 e. The van der Waals surface area contributed by atoms with Crippen LogP contribution in [0.5, 0.6) is 0 Å². The number of rotatable bonds is 3. The molecule has 0 aliphatic carbocycles. The summed E-state index contributed by atoms with van der Waals surface area (Å²) in [7, 11) is 0. The molecule has 3 aromatic heterocycles. The van der Waals surface area contributed by atoms with Gasteiger partial charge in [-0.1, -0.05) is 5.16 Å². The van der Waals surface area contributed by atoms with Crippen LogP contribution in [0.2, 0.25) is 0 Å². The number of piperidine rings is 1. The van der Waals surface area contributed by atoms with Gasteiger partial charge < -0.3 is 9.42 Å². The lowest BCUT2D eigenvalue weighted by Gasteiger charge is -2.32. The van der Waals surface area contributed by atoms with Crippen molar-refractivity contribution in [2.24, 2.45) is 0 Å². The second-order valence-corrected chi connectivity index (χ2v) is 5.85. The summed E-state index contributed by atoms with van der Waals surface area (Å²) in [5.41, 5.74) is 1.80. The number of H-pyrrole nitrogens is 1. The zero-order valence-corrected chi connectivity index (χ0v) is 12.6. The lowest BCUT2D eigenvalue weighted by molar-refractivity contribution is -0.132. The van der Waals surface area contributed by atoms with E-state index in [0.717, 1.165) is 36.1 Å². The van der Waals surface area contributed by atoms with E-state index in [4.69, 9.17) is 4.52 Å². The number of hydrogen-bond donors (Lipinski definition) is 1. The molecule has 0 radical (unpaired) electrons. The van der Waals surface area contributed by atoms with Crippen molar-refractivity contribution >= 4 is 16.9 Å². The molecule has 1 fully saturated rings. The van der Waals surface area contributed by atoms with Gasteiger partial charge in [0.05, 0.1) is 12.6 Å². The van der Waals surface area contributed by atoms with Crippen molar-refractivity contribution in [3.05, 3.63) is 42.0 Å². The molecule has 0 bridgehead atoms. The molecule has 1 atom stereocenters. The Bertz CT molecular complexity index is 811. The molecule has 23 heavy (non-hydrogen) atoms. The molecule has 1 amide bonds. The van der Waals surface area contributed by atoms with E-state index in [0.29, 0.717) is 12.3 Å². The fourth-order valence-corrected chi connectivity index (χ4v) is 3.21. The van der Waals surface area contributed by atoms with Crippen molar-refractivity contribution in [1.82, 2.24) is 25.2 Å². The summed E-state index contributed by atoms with van der Waals surface area (Å²) in [5.74, 6) is 0.943. The maximum Gasteiger partial charge on any atom is 0.230 e. The van der Waals surface area contributed by atoms with Crippen LogP contribution in [0.1, 0.15) is 30.2 Å². The first-order valence-electron chi connectivity index (χ1n) is 7.77. The zero-order valence-electron chi connectivity index (χ0n) is 12.6. The lowest BCUT2D eigenvalue weighted by Crippen LogP contribution is -2.40. The topological polar surface area (TPSA) is 87.9 Å². The van der Waals surface area contributed by atoms with Crippen molar-refractivity contribution in [2.75, 3.05) is 13.1 Å². The number of fused-ring (bicyclic) bond motifs is 1. The SMILES string of the molecule is O=C(Cc1ccno1)N1CCCC(c2[nH]nc3ncccc23)C1. The summed E-state index contributed by atoms with van der Waals surface area (Å²) in [6, 6.07) is 5.67. The Morgan fingerprint density at radius 3 is 3.22 bits per heavy atom. The Kier molecular flexibility index (Phi) is 3.53. The van der Waals surface area contributed by atoms with E-state index < -0.39 is 0 Å². The first-order chi connectivity index (χ1) is 11.3. The Labute approximate surface area is 132 Å². The van der Waals surface area contributed by atoms with Gasteiger partial charge >= 0.3 is 0 Å². The molecule has 1 aliphatic rings. The van der Waals surface area contributed by atoms with Crippen LogP contribution in [0.3, 0.4) is 0 Å². The van der Waals surface area contributed by atoms with E-state index in [-0.39, 0.29) is 18.2 Å². The molecule has 1 saturated heterocycles. The van der Waals surface area contributed by atoms with E-state index in [2.05, 4.69) is 20.3 Å². The third-order valence-electron chi connectivity index (χ3n) is 4.36. The van der Waals surface area contributed by atoms with Gasteiger partial charge in [-0.15, -0.1) is 0 Å². The van der Waals surface area contributed by atoms with Gasteiger partial charge in [0.1, 0.15) is 5.76 Å². The third-order valence-corrected chi connectivity index (χ3v) is 4.36. The highest BCUT2D eigenvalue weighted by molar-refractivity contribution is 5.79. The smallest absolute Gasteiger partial charge is 0.230 e. The van der Waals surface area contributed by atoms with Crippen LogP contribution in [0.4, 0.5) is 0 Å². The number of nitrogens with one attached hydrogen (secondary N) is 1. The van der Waals surface area contributed by atoms with Gasteiger partial charge in [-0.2, -0.15) is 5.10 Å². The van der Waals surface area contributed by atoms with Crippen LogP contribution >= 0.6 is 0 Å². The maximum absolute atomic E-state index is 12.4. The molecule has 1 unspecified atom stereocenters. The first-order valence-corrected chi connectivity index (χ1v) is 7.77. The molecule has 4 rings (SSSR count). The number of pyridine rings is 1. The van der Waals surface area contributed by atoms with E-state index in [9.17, 15) is 4.79 Å². The van der Waals surface area contributed by atoms with Gasteiger partial charge in [0.25, 0.3) is 0 Å². The van der Waals surface area contributed by atoms with E-state index in [1.165, 1.54) is 0 Å². The van der Waals surface area contributed by atoms with Crippen molar-refractivity contribution in [2.45, 2.75) is 25.2 Å². The fraction of sp³-hybridized carbons (Fsp3) is 0.375. The van der Waals surface area contributed by atoms with Gasteiger partial charge in [-0.3, -0.25) is 9.89 Å². The van der Waals surface area contributed by atoms with Crippen LogP contribution in [0, 0.1) is 0 Å². The summed E-state index contributed by atoms with van der Waals surface area (Å²) < 4.78 is 5.03. The number of likely N-dealkylation sites (tertiary alicyclic amines) is 1. The predicted octanol–water partition coefficient (Wildman–Crippen LogP) is 1.89. The molecular weight excluding hydrogens is 294 g/mol. The summed E-state index contributed by atoms with van der Waals surface area (Å²) in [4.78, 5) is 18.6. The van der Waals surface area contributed by atoms with Crippen LogP contribution in [-0.4, -0.2) is 44.2 Å². The second-order valence-electron chi connectivity index (χ2n) is 5.85. The summed E-state index contributed by atoms with van der Waals surface area (Å²) in [6.45, 7) is 1.48. The van der Waals surface area contributed by atoms with Crippen molar-refractivity contribution in [3.8, 4) is 0 Å². The molecule has 3 aromatic rings. The first kappa shape index (κ1) is 13.9. The van der Waals surface area contributed by atoms with Gasteiger partial charge in [0, 0.05) is 42.4 Å². The van der Waals surface area contributed by atoms with Gasteiger partial charge in [0.2, 0.25) is 5.91 Å². The van der Waals surface area contributed by atoms with Gasteiger partial charge in [0.15, 0.2) is 5.65 Å². The second kappa shape index (κ2) is 5.83. The minimum Gasteiger partial charge on any atom is -0.361 e. The number of aromatic nitrogens is 4. The van der Waals surface area contributed by atoms with Crippen LogP contribution in [-0.2, 0) is 11.2 Å². The quantitative estimate of drug-likeness (QED) is 0.798. The molecule has 0 spiro atoms. The average Bonchev–Trinajstić information content (AvgIpc) is 3.24. The molecule has 1 N–H and O–H groups in total. The highest BCUT2D eigenvalue weighted by Gasteiger charge is 2.27. The summed E-state index contributed by atoms with van der Waals surface area (Å²) >= 11 is 0.